The van der Waals surface area contributed by atoms with Crippen molar-refractivity contribution in [2.75, 3.05) is 6.26 Å². The van der Waals surface area contributed by atoms with Crippen LogP contribution in [0.3, 0.4) is 0 Å². The summed E-state index contributed by atoms with van der Waals surface area (Å²) in [6, 6.07) is 7.91. The van der Waals surface area contributed by atoms with E-state index in [1.807, 2.05) is 24.3 Å². The third-order valence-corrected chi connectivity index (χ3v) is 4.42. The molecule has 0 radical (unpaired) electrons. The molecule has 0 heterocycles. The molecule has 1 aliphatic rings. The van der Waals surface area contributed by atoms with Gasteiger partial charge < -0.3 is 11.1 Å². The van der Waals surface area contributed by atoms with E-state index in [1.165, 1.54) is 19.1 Å². The van der Waals surface area contributed by atoms with Crippen LogP contribution in [0.1, 0.15) is 36.8 Å². The average Bonchev–Trinajstić information content (AvgIpc) is 2.87. The molecule has 0 saturated heterocycles. The number of benzene rings is 1. The SMILES string of the molecule is CS(=O)(=O)Cc1cccc(CN=C(N)NC2CCCC2)c1.I. The fraction of sp³-hybridized carbons (Fsp3) is 0.533. The third-order valence-electron chi connectivity index (χ3n) is 3.56. The van der Waals surface area contributed by atoms with Gasteiger partial charge in [-0.3, -0.25) is 0 Å². The Morgan fingerprint density at radius 2 is 1.95 bits per heavy atom. The summed E-state index contributed by atoms with van der Waals surface area (Å²) >= 11 is 0. The number of sulfone groups is 1. The summed E-state index contributed by atoms with van der Waals surface area (Å²) in [4.78, 5) is 4.33. The van der Waals surface area contributed by atoms with Crippen LogP contribution in [0.5, 0.6) is 0 Å². The van der Waals surface area contributed by atoms with Crippen LogP contribution in [0.2, 0.25) is 0 Å². The Morgan fingerprint density at radius 1 is 1.32 bits per heavy atom. The van der Waals surface area contributed by atoms with Crippen LogP contribution in [0, 0.1) is 0 Å². The molecule has 0 atom stereocenters. The number of halogens is 1. The first-order valence-electron chi connectivity index (χ1n) is 7.24. The number of rotatable bonds is 5. The molecule has 22 heavy (non-hydrogen) atoms. The molecule has 1 fully saturated rings. The van der Waals surface area contributed by atoms with E-state index < -0.39 is 9.84 Å². The van der Waals surface area contributed by atoms with Crippen molar-refractivity contribution in [3.8, 4) is 0 Å². The van der Waals surface area contributed by atoms with Crippen LogP contribution < -0.4 is 11.1 Å². The Kier molecular flexibility index (Phi) is 7.61. The van der Waals surface area contributed by atoms with Gasteiger partial charge in [0.1, 0.15) is 0 Å². The van der Waals surface area contributed by atoms with Crippen LogP contribution in [-0.2, 0) is 22.1 Å². The lowest BCUT2D eigenvalue weighted by Crippen LogP contribution is -2.38. The molecular weight excluding hydrogens is 413 g/mol. The lowest BCUT2D eigenvalue weighted by atomic mass is 10.1. The van der Waals surface area contributed by atoms with E-state index in [1.54, 1.807) is 0 Å². The van der Waals surface area contributed by atoms with Gasteiger partial charge in [-0.15, -0.1) is 24.0 Å². The van der Waals surface area contributed by atoms with E-state index in [-0.39, 0.29) is 29.7 Å². The molecule has 1 aliphatic carbocycles. The predicted molar refractivity (Wildman–Crippen MR) is 101 cm³/mol. The van der Waals surface area contributed by atoms with Gasteiger partial charge in [0, 0.05) is 12.3 Å². The summed E-state index contributed by atoms with van der Waals surface area (Å²) in [5, 5.41) is 3.23. The number of hydrogen-bond donors (Lipinski definition) is 2. The third kappa shape index (κ3) is 6.95. The van der Waals surface area contributed by atoms with Crippen LogP contribution in [0.25, 0.3) is 0 Å². The van der Waals surface area contributed by atoms with Crippen molar-refractivity contribution in [3.05, 3.63) is 35.4 Å². The molecule has 0 bridgehead atoms. The van der Waals surface area contributed by atoms with Crippen LogP contribution in [0.4, 0.5) is 0 Å². The van der Waals surface area contributed by atoms with Gasteiger partial charge in [0.25, 0.3) is 0 Å². The number of aliphatic imine (C=N–C) groups is 1. The predicted octanol–water partition coefficient (Wildman–Crippen LogP) is 2.20. The van der Waals surface area contributed by atoms with Crippen molar-refractivity contribution < 1.29 is 8.42 Å². The maximum atomic E-state index is 11.3. The molecule has 0 unspecified atom stereocenters. The van der Waals surface area contributed by atoms with Gasteiger partial charge in [0.2, 0.25) is 0 Å². The van der Waals surface area contributed by atoms with Crippen LogP contribution in [-0.4, -0.2) is 26.7 Å². The molecule has 1 aromatic carbocycles. The molecule has 0 aliphatic heterocycles. The summed E-state index contributed by atoms with van der Waals surface area (Å²) in [7, 11) is -3.01. The fourth-order valence-electron chi connectivity index (χ4n) is 2.62. The Morgan fingerprint density at radius 3 is 2.59 bits per heavy atom. The van der Waals surface area contributed by atoms with Crippen molar-refractivity contribution in [3.63, 3.8) is 0 Å². The summed E-state index contributed by atoms with van der Waals surface area (Å²) in [6.45, 7) is 0.461. The van der Waals surface area contributed by atoms with Crippen molar-refractivity contribution in [2.24, 2.45) is 10.7 Å². The van der Waals surface area contributed by atoms with Gasteiger partial charge in [0.05, 0.1) is 12.3 Å². The zero-order valence-corrected chi connectivity index (χ0v) is 15.9. The molecule has 3 N–H and O–H groups in total. The standard InChI is InChI=1S/C15H23N3O2S.HI/c1-21(19,20)11-13-6-4-5-12(9-13)10-17-15(16)18-14-7-2-3-8-14;/h4-6,9,14H,2-3,7-8,10-11H2,1H3,(H3,16,17,18);1H. The number of nitrogens with two attached hydrogens (primary N) is 1. The smallest absolute Gasteiger partial charge is 0.189 e. The maximum absolute atomic E-state index is 11.3. The molecular formula is C15H24IN3O2S. The monoisotopic (exact) mass is 437 g/mol. The Balaban J connectivity index is 0.00000242. The first kappa shape index (κ1) is 19.2. The topological polar surface area (TPSA) is 84.5 Å². The van der Waals surface area contributed by atoms with Crippen molar-refractivity contribution in [1.29, 1.82) is 0 Å². The number of guanidine groups is 1. The van der Waals surface area contributed by atoms with Crippen LogP contribution >= 0.6 is 24.0 Å². The number of hydrogen-bond acceptors (Lipinski definition) is 3. The Bertz CT molecular complexity index is 611. The Labute approximate surface area is 149 Å². The first-order valence-corrected chi connectivity index (χ1v) is 9.30. The van der Waals surface area contributed by atoms with Gasteiger partial charge in [-0.05, 0) is 24.0 Å². The van der Waals surface area contributed by atoms with Gasteiger partial charge in [-0.2, -0.15) is 0 Å². The maximum Gasteiger partial charge on any atom is 0.189 e. The van der Waals surface area contributed by atoms with E-state index in [0.29, 0.717) is 18.5 Å². The molecule has 124 valence electrons. The van der Waals surface area contributed by atoms with Gasteiger partial charge in [0.15, 0.2) is 15.8 Å². The molecule has 0 amide bonds. The minimum atomic E-state index is -3.01. The minimum absolute atomic E-state index is 0. The minimum Gasteiger partial charge on any atom is -0.370 e. The quantitative estimate of drug-likeness (QED) is 0.420. The molecule has 7 heteroatoms. The van der Waals surface area contributed by atoms with E-state index in [4.69, 9.17) is 5.73 Å². The second-order valence-electron chi connectivity index (χ2n) is 5.72. The summed E-state index contributed by atoms with van der Waals surface area (Å²) in [6.07, 6.45) is 6.04. The zero-order valence-electron chi connectivity index (χ0n) is 12.8. The summed E-state index contributed by atoms with van der Waals surface area (Å²) in [5.74, 6) is 0.524. The number of nitrogens with zero attached hydrogens (tertiary/aromatic N) is 1. The second-order valence-corrected chi connectivity index (χ2v) is 7.86. The first-order chi connectivity index (χ1) is 9.92. The molecule has 1 aromatic rings. The van der Waals surface area contributed by atoms with Crippen molar-refractivity contribution >= 4 is 39.8 Å². The van der Waals surface area contributed by atoms with E-state index in [0.717, 1.165) is 24.0 Å². The van der Waals surface area contributed by atoms with E-state index in [9.17, 15) is 8.42 Å². The van der Waals surface area contributed by atoms with Gasteiger partial charge in [-0.25, -0.2) is 13.4 Å². The highest BCUT2D eigenvalue weighted by Gasteiger charge is 2.14. The number of nitrogens with one attached hydrogen (secondary N) is 1. The van der Waals surface area contributed by atoms with Crippen molar-refractivity contribution in [2.45, 2.75) is 44.0 Å². The zero-order chi connectivity index (χ0) is 15.3. The molecule has 2 rings (SSSR count). The molecule has 0 spiro atoms. The largest absolute Gasteiger partial charge is 0.370 e. The highest BCUT2D eigenvalue weighted by atomic mass is 127. The summed E-state index contributed by atoms with van der Waals surface area (Å²) in [5.41, 5.74) is 7.63. The molecule has 1 saturated carbocycles. The van der Waals surface area contributed by atoms with Crippen molar-refractivity contribution in [1.82, 2.24) is 5.32 Å². The Hall–Kier alpha value is -0.830. The highest BCUT2D eigenvalue weighted by Crippen LogP contribution is 2.17. The highest BCUT2D eigenvalue weighted by molar-refractivity contribution is 14.0. The van der Waals surface area contributed by atoms with Crippen LogP contribution in [0.15, 0.2) is 29.3 Å². The average molecular weight is 437 g/mol. The van der Waals surface area contributed by atoms with Gasteiger partial charge >= 0.3 is 0 Å². The summed E-state index contributed by atoms with van der Waals surface area (Å²) < 4.78 is 22.6. The van der Waals surface area contributed by atoms with Gasteiger partial charge in [-0.1, -0.05) is 37.1 Å². The second kappa shape index (κ2) is 8.71. The van der Waals surface area contributed by atoms with E-state index in [2.05, 4.69) is 10.3 Å². The normalized spacial score (nSPS) is 16.3. The van der Waals surface area contributed by atoms with E-state index >= 15 is 0 Å². The fourth-order valence-corrected chi connectivity index (χ4v) is 3.41. The molecule has 0 aromatic heterocycles. The lowest BCUT2D eigenvalue weighted by molar-refractivity contribution is 0.601. The molecule has 5 nitrogen and oxygen atoms in total. The lowest BCUT2D eigenvalue weighted by Gasteiger charge is -2.12.